The minimum atomic E-state index is -0.724. The van der Waals surface area contributed by atoms with E-state index in [1.165, 1.54) is 19.2 Å². The SMILES string of the molecule is COC(=O)c1ccc(Nc2nccc(-c3cn(C)c4ccccc34)n2)cc1F. The van der Waals surface area contributed by atoms with E-state index in [0.717, 1.165) is 22.2 Å². The van der Waals surface area contributed by atoms with Crippen molar-refractivity contribution in [3.8, 4) is 11.3 Å². The molecule has 0 saturated carbocycles. The van der Waals surface area contributed by atoms with Crippen LogP contribution in [-0.4, -0.2) is 27.6 Å². The predicted molar refractivity (Wildman–Crippen MR) is 105 cm³/mol. The second kappa shape index (κ2) is 7.11. The number of ether oxygens (including phenoxy) is 1. The molecule has 0 saturated heterocycles. The topological polar surface area (TPSA) is 69.0 Å². The third-order valence-electron chi connectivity index (χ3n) is 4.46. The number of fused-ring (bicyclic) bond motifs is 1. The molecule has 0 unspecified atom stereocenters. The molecule has 2 aromatic heterocycles. The van der Waals surface area contributed by atoms with Gasteiger partial charge in [-0.25, -0.2) is 19.2 Å². The smallest absolute Gasteiger partial charge is 0.340 e. The van der Waals surface area contributed by atoms with Crippen LogP contribution in [0, 0.1) is 5.82 Å². The molecule has 0 aliphatic rings. The van der Waals surface area contributed by atoms with Gasteiger partial charge in [0, 0.05) is 41.6 Å². The van der Waals surface area contributed by atoms with Crippen LogP contribution < -0.4 is 5.32 Å². The Morgan fingerprint density at radius 3 is 2.79 bits per heavy atom. The van der Waals surface area contributed by atoms with E-state index in [0.29, 0.717) is 11.6 Å². The monoisotopic (exact) mass is 376 g/mol. The number of aromatic nitrogens is 3. The number of rotatable bonds is 4. The summed E-state index contributed by atoms with van der Waals surface area (Å²) in [6.45, 7) is 0. The molecule has 0 aliphatic heterocycles. The minimum Gasteiger partial charge on any atom is -0.465 e. The fourth-order valence-corrected chi connectivity index (χ4v) is 3.11. The number of aryl methyl sites for hydroxylation is 1. The highest BCUT2D eigenvalue weighted by molar-refractivity contribution is 5.95. The molecule has 0 radical (unpaired) electrons. The second-order valence-electron chi connectivity index (χ2n) is 6.25. The fourth-order valence-electron chi connectivity index (χ4n) is 3.11. The van der Waals surface area contributed by atoms with Crippen LogP contribution in [0.5, 0.6) is 0 Å². The molecule has 2 heterocycles. The lowest BCUT2D eigenvalue weighted by molar-refractivity contribution is 0.0595. The molecular formula is C21H17FN4O2. The van der Waals surface area contributed by atoms with Gasteiger partial charge in [-0.05, 0) is 30.3 Å². The van der Waals surface area contributed by atoms with Crippen LogP contribution in [-0.2, 0) is 11.8 Å². The summed E-state index contributed by atoms with van der Waals surface area (Å²) >= 11 is 0. The van der Waals surface area contributed by atoms with E-state index in [9.17, 15) is 9.18 Å². The molecule has 0 aliphatic carbocycles. The van der Waals surface area contributed by atoms with Gasteiger partial charge in [0.2, 0.25) is 5.95 Å². The summed E-state index contributed by atoms with van der Waals surface area (Å²) in [5.74, 6) is -1.07. The van der Waals surface area contributed by atoms with E-state index >= 15 is 0 Å². The van der Waals surface area contributed by atoms with Crippen LogP contribution in [0.3, 0.4) is 0 Å². The van der Waals surface area contributed by atoms with E-state index in [1.807, 2.05) is 48.1 Å². The number of para-hydroxylation sites is 1. The van der Waals surface area contributed by atoms with Crippen molar-refractivity contribution in [2.75, 3.05) is 12.4 Å². The summed E-state index contributed by atoms with van der Waals surface area (Å²) in [7, 11) is 3.19. The van der Waals surface area contributed by atoms with Gasteiger partial charge in [0.1, 0.15) is 5.82 Å². The summed E-state index contributed by atoms with van der Waals surface area (Å²) in [4.78, 5) is 20.3. The number of carbonyl (C=O) groups is 1. The Bertz CT molecular complexity index is 1190. The number of halogens is 1. The molecule has 6 nitrogen and oxygen atoms in total. The van der Waals surface area contributed by atoms with Gasteiger partial charge in [0.05, 0.1) is 18.4 Å². The quantitative estimate of drug-likeness (QED) is 0.538. The van der Waals surface area contributed by atoms with E-state index in [4.69, 9.17) is 0 Å². The molecule has 2 aromatic carbocycles. The maximum atomic E-state index is 14.1. The van der Waals surface area contributed by atoms with E-state index in [2.05, 4.69) is 20.0 Å². The molecule has 7 heteroatoms. The Balaban J connectivity index is 1.66. The summed E-state index contributed by atoms with van der Waals surface area (Å²) in [5.41, 5.74) is 3.14. The molecular weight excluding hydrogens is 359 g/mol. The molecule has 0 amide bonds. The lowest BCUT2D eigenvalue weighted by Crippen LogP contribution is -2.05. The van der Waals surface area contributed by atoms with Crippen molar-refractivity contribution in [3.05, 3.63) is 72.3 Å². The number of nitrogens with one attached hydrogen (secondary N) is 1. The van der Waals surface area contributed by atoms with Crippen LogP contribution in [0.25, 0.3) is 22.2 Å². The van der Waals surface area contributed by atoms with E-state index in [-0.39, 0.29) is 5.56 Å². The molecule has 4 aromatic rings. The molecule has 0 bridgehead atoms. The van der Waals surface area contributed by atoms with Gasteiger partial charge in [-0.15, -0.1) is 0 Å². The Kier molecular flexibility index (Phi) is 4.49. The zero-order chi connectivity index (χ0) is 19.7. The lowest BCUT2D eigenvalue weighted by atomic mass is 10.1. The van der Waals surface area contributed by atoms with E-state index in [1.54, 1.807) is 12.3 Å². The highest BCUT2D eigenvalue weighted by Gasteiger charge is 2.14. The van der Waals surface area contributed by atoms with Crippen molar-refractivity contribution in [1.29, 1.82) is 0 Å². The first-order chi connectivity index (χ1) is 13.6. The first-order valence-corrected chi connectivity index (χ1v) is 8.59. The highest BCUT2D eigenvalue weighted by Crippen LogP contribution is 2.29. The molecule has 140 valence electrons. The Labute approximate surface area is 160 Å². The first kappa shape index (κ1) is 17.7. The van der Waals surface area contributed by atoms with Crippen molar-refractivity contribution in [3.63, 3.8) is 0 Å². The number of esters is 1. The molecule has 1 N–H and O–H groups in total. The van der Waals surface area contributed by atoms with Crippen molar-refractivity contribution < 1.29 is 13.9 Å². The number of nitrogens with zero attached hydrogens (tertiary/aromatic N) is 3. The molecule has 28 heavy (non-hydrogen) atoms. The molecule has 0 fully saturated rings. The summed E-state index contributed by atoms with van der Waals surface area (Å²) in [6, 6.07) is 14.0. The van der Waals surface area contributed by atoms with Crippen molar-refractivity contribution >= 4 is 28.5 Å². The van der Waals surface area contributed by atoms with Gasteiger partial charge >= 0.3 is 5.97 Å². The van der Waals surface area contributed by atoms with Gasteiger partial charge in [-0.1, -0.05) is 18.2 Å². The zero-order valence-corrected chi connectivity index (χ0v) is 15.3. The van der Waals surface area contributed by atoms with Gasteiger partial charge in [0.15, 0.2) is 0 Å². The largest absolute Gasteiger partial charge is 0.465 e. The number of hydrogen-bond acceptors (Lipinski definition) is 5. The average molecular weight is 376 g/mol. The van der Waals surface area contributed by atoms with Gasteiger partial charge in [0.25, 0.3) is 0 Å². The number of methoxy groups -OCH3 is 1. The highest BCUT2D eigenvalue weighted by atomic mass is 19.1. The van der Waals surface area contributed by atoms with Gasteiger partial charge in [-0.2, -0.15) is 0 Å². The summed E-state index contributed by atoms with van der Waals surface area (Å²) in [6.07, 6.45) is 3.66. The van der Waals surface area contributed by atoms with Crippen LogP contribution in [0.2, 0.25) is 0 Å². The number of benzene rings is 2. The number of carbonyl (C=O) groups excluding carboxylic acids is 1. The van der Waals surface area contributed by atoms with Crippen LogP contribution in [0.1, 0.15) is 10.4 Å². The zero-order valence-electron chi connectivity index (χ0n) is 15.3. The van der Waals surface area contributed by atoms with Crippen molar-refractivity contribution in [1.82, 2.24) is 14.5 Å². The van der Waals surface area contributed by atoms with Crippen LogP contribution in [0.15, 0.2) is 60.9 Å². The molecule has 4 rings (SSSR count). The van der Waals surface area contributed by atoms with Gasteiger partial charge in [-0.3, -0.25) is 0 Å². The predicted octanol–water partition coefficient (Wildman–Crippen LogP) is 4.30. The third-order valence-corrected chi connectivity index (χ3v) is 4.46. The Morgan fingerprint density at radius 1 is 1.18 bits per heavy atom. The van der Waals surface area contributed by atoms with Crippen LogP contribution in [0.4, 0.5) is 16.0 Å². The third kappa shape index (κ3) is 3.18. The Morgan fingerprint density at radius 2 is 2.00 bits per heavy atom. The van der Waals surface area contributed by atoms with Crippen LogP contribution >= 0.6 is 0 Å². The number of hydrogen-bond donors (Lipinski definition) is 1. The fraction of sp³-hybridized carbons (Fsp3) is 0.0952. The minimum absolute atomic E-state index is 0.126. The van der Waals surface area contributed by atoms with Crippen molar-refractivity contribution in [2.45, 2.75) is 0 Å². The number of anilines is 2. The Hall–Kier alpha value is -3.74. The first-order valence-electron chi connectivity index (χ1n) is 8.59. The lowest BCUT2D eigenvalue weighted by Gasteiger charge is -2.08. The maximum Gasteiger partial charge on any atom is 0.340 e. The molecule has 0 atom stereocenters. The normalized spacial score (nSPS) is 10.8. The maximum absolute atomic E-state index is 14.1. The summed E-state index contributed by atoms with van der Waals surface area (Å²) < 4.78 is 20.7. The average Bonchev–Trinajstić information content (AvgIpc) is 3.05. The van der Waals surface area contributed by atoms with Gasteiger partial charge < -0.3 is 14.6 Å². The standard InChI is InChI=1S/C21H17FN4O2/c1-26-12-16(14-5-3-4-6-19(14)26)18-9-10-23-21(25-18)24-13-7-8-15(17(22)11-13)20(27)28-2/h3-12H,1-2H3,(H,23,24,25). The summed E-state index contributed by atoms with van der Waals surface area (Å²) in [5, 5.41) is 4.06. The molecule has 0 spiro atoms. The van der Waals surface area contributed by atoms with Crippen molar-refractivity contribution in [2.24, 2.45) is 7.05 Å². The van der Waals surface area contributed by atoms with E-state index < -0.39 is 11.8 Å². The second-order valence-corrected chi connectivity index (χ2v) is 6.25.